The molecule has 0 atom stereocenters. The number of aromatic amines is 1. The second-order valence-corrected chi connectivity index (χ2v) is 6.00. The molecule has 19 heavy (non-hydrogen) atoms. The first kappa shape index (κ1) is 13.6. The summed E-state index contributed by atoms with van der Waals surface area (Å²) in [6, 6.07) is 6.90. The number of benzene rings is 1. The molecule has 0 spiro atoms. The van der Waals surface area contributed by atoms with E-state index in [1.807, 2.05) is 0 Å². The van der Waals surface area contributed by atoms with Crippen molar-refractivity contribution in [3.8, 4) is 5.75 Å². The Morgan fingerprint density at radius 3 is 2.68 bits per heavy atom. The van der Waals surface area contributed by atoms with E-state index in [-0.39, 0.29) is 12.1 Å². The minimum atomic E-state index is -3.33. The molecule has 6 nitrogen and oxygen atoms in total. The molecule has 102 valence electrons. The van der Waals surface area contributed by atoms with Gasteiger partial charge in [-0.3, -0.25) is 4.79 Å². The summed E-state index contributed by atoms with van der Waals surface area (Å²) in [5.41, 5.74) is 0.717. The number of ether oxygens (including phenoxy) is 1. The minimum absolute atomic E-state index is 0.0404. The van der Waals surface area contributed by atoms with Gasteiger partial charge in [0.1, 0.15) is 5.75 Å². The van der Waals surface area contributed by atoms with Gasteiger partial charge in [-0.25, -0.2) is 13.1 Å². The van der Waals surface area contributed by atoms with Gasteiger partial charge in [-0.1, -0.05) is 0 Å². The predicted octanol–water partition coefficient (Wildman–Crippen LogP) is 0.586. The van der Waals surface area contributed by atoms with Crippen molar-refractivity contribution in [3.63, 3.8) is 0 Å². The smallest absolute Gasteiger partial charge is 0.252 e. The number of H-pyrrole nitrogens is 1. The SMILES string of the molecule is COc1ccc2[nH]c(=O)c(CNS(C)(=O)=O)cc2c1. The summed E-state index contributed by atoms with van der Waals surface area (Å²) < 4.78 is 29.5. The highest BCUT2D eigenvalue weighted by molar-refractivity contribution is 7.88. The molecule has 0 saturated heterocycles. The molecule has 7 heteroatoms. The van der Waals surface area contributed by atoms with Crippen LogP contribution in [0.25, 0.3) is 10.9 Å². The zero-order valence-corrected chi connectivity index (χ0v) is 11.4. The lowest BCUT2D eigenvalue weighted by atomic mass is 10.1. The molecule has 0 unspecified atom stereocenters. The van der Waals surface area contributed by atoms with E-state index in [2.05, 4.69) is 9.71 Å². The number of pyridine rings is 1. The average Bonchev–Trinajstić information content (AvgIpc) is 2.34. The normalized spacial score (nSPS) is 11.7. The van der Waals surface area contributed by atoms with Crippen LogP contribution in [0.4, 0.5) is 0 Å². The first-order chi connectivity index (χ1) is 8.89. The van der Waals surface area contributed by atoms with E-state index < -0.39 is 10.0 Å². The molecule has 0 radical (unpaired) electrons. The fourth-order valence-corrected chi connectivity index (χ4v) is 2.11. The standard InChI is InChI=1S/C12H14N2O4S/c1-18-10-3-4-11-8(6-10)5-9(12(15)14-11)7-13-19(2,16)17/h3-6,13H,7H2,1-2H3,(H,14,15). The molecular formula is C12H14N2O4S. The third-order valence-corrected chi connectivity index (χ3v) is 3.32. The molecular weight excluding hydrogens is 268 g/mol. The lowest BCUT2D eigenvalue weighted by Crippen LogP contribution is -2.25. The van der Waals surface area contributed by atoms with Crippen LogP contribution in [-0.4, -0.2) is 26.8 Å². The summed E-state index contributed by atoms with van der Waals surface area (Å²) in [5.74, 6) is 0.668. The first-order valence-corrected chi connectivity index (χ1v) is 7.43. The number of sulfonamides is 1. The van der Waals surface area contributed by atoms with Crippen molar-refractivity contribution >= 4 is 20.9 Å². The zero-order chi connectivity index (χ0) is 14.0. The van der Waals surface area contributed by atoms with Crippen molar-refractivity contribution in [2.45, 2.75) is 6.54 Å². The van der Waals surface area contributed by atoms with Gasteiger partial charge in [0.05, 0.1) is 13.4 Å². The number of fused-ring (bicyclic) bond motifs is 1. The summed E-state index contributed by atoms with van der Waals surface area (Å²) in [6.07, 6.45) is 1.05. The van der Waals surface area contributed by atoms with Crippen molar-refractivity contribution < 1.29 is 13.2 Å². The van der Waals surface area contributed by atoms with Gasteiger partial charge in [0.2, 0.25) is 10.0 Å². The summed E-state index contributed by atoms with van der Waals surface area (Å²) in [4.78, 5) is 14.5. The Bertz CT molecular complexity index is 765. The quantitative estimate of drug-likeness (QED) is 0.859. The maximum absolute atomic E-state index is 11.8. The Labute approximate surface area is 110 Å². The van der Waals surface area contributed by atoms with Gasteiger partial charge in [0.25, 0.3) is 5.56 Å². The van der Waals surface area contributed by atoms with Gasteiger partial charge < -0.3 is 9.72 Å². The van der Waals surface area contributed by atoms with E-state index in [0.717, 1.165) is 11.6 Å². The molecule has 0 aliphatic rings. The van der Waals surface area contributed by atoms with Crippen molar-refractivity contribution in [1.82, 2.24) is 9.71 Å². The number of aromatic nitrogens is 1. The highest BCUT2D eigenvalue weighted by atomic mass is 32.2. The second kappa shape index (κ2) is 5.02. The van der Waals surface area contributed by atoms with Gasteiger partial charge in [-0.15, -0.1) is 0 Å². The fourth-order valence-electron chi connectivity index (χ4n) is 1.70. The Morgan fingerprint density at radius 2 is 2.05 bits per heavy atom. The number of rotatable bonds is 4. The summed E-state index contributed by atoms with van der Waals surface area (Å²) in [7, 11) is -1.78. The molecule has 0 amide bonds. The highest BCUT2D eigenvalue weighted by Gasteiger charge is 2.07. The van der Waals surface area contributed by atoms with Crippen LogP contribution in [0, 0.1) is 0 Å². The lowest BCUT2D eigenvalue weighted by molar-refractivity contribution is 0.415. The zero-order valence-electron chi connectivity index (χ0n) is 10.6. The van der Waals surface area contributed by atoms with Crippen molar-refractivity contribution in [2.75, 3.05) is 13.4 Å². The molecule has 2 aromatic rings. The van der Waals surface area contributed by atoms with E-state index in [4.69, 9.17) is 4.74 Å². The summed E-state index contributed by atoms with van der Waals surface area (Å²) >= 11 is 0. The van der Waals surface area contributed by atoms with Gasteiger partial charge in [0, 0.05) is 23.0 Å². The van der Waals surface area contributed by atoms with E-state index in [0.29, 0.717) is 16.8 Å². The average molecular weight is 282 g/mol. The minimum Gasteiger partial charge on any atom is -0.497 e. The number of methoxy groups -OCH3 is 1. The molecule has 0 saturated carbocycles. The largest absolute Gasteiger partial charge is 0.497 e. The van der Waals surface area contributed by atoms with Crippen LogP contribution in [-0.2, 0) is 16.6 Å². The number of hydrogen-bond acceptors (Lipinski definition) is 4. The first-order valence-electron chi connectivity index (χ1n) is 5.53. The second-order valence-electron chi connectivity index (χ2n) is 4.17. The van der Waals surface area contributed by atoms with Crippen LogP contribution >= 0.6 is 0 Å². The molecule has 0 fully saturated rings. The molecule has 0 bridgehead atoms. The van der Waals surface area contributed by atoms with Gasteiger partial charge >= 0.3 is 0 Å². The van der Waals surface area contributed by atoms with Crippen LogP contribution in [0.5, 0.6) is 5.75 Å². The molecule has 2 N–H and O–H groups in total. The van der Waals surface area contributed by atoms with E-state index >= 15 is 0 Å². The maximum Gasteiger partial charge on any atom is 0.252 e. The third kappa shape index (κ3) is 3.33. The maximum atomic E-state index is 11.8. The van der Waals surface area contributed by atoms with Gasteiger partial charge in [0.15, 0.2) is 0 Å². The summed E-state index contributed by atoms with van der Waals surface area (Å²) in [5, 5.41) is 0.782. The molecule has 2 rings (SSSR count). The van der Waals surface area contributed by atoms with Crippen molar-refractivity contribution in [2.24, 2.45) is 0 Å². The van der Waals surface area contributed by atoms with E-state index in [1.165, 1.54) is 0 Å². The molecule has 1 aromatic heterocycles. The van der Waals surface area contributed by atoms with Crippen LogP contribution in [0.15, 0.2) is 29.1 Å². The van der Waals surface area contributed by atoms with E-state index in [9.17, 15) is 13.2 Å². The topological polar surface area (TPSA) is 88.3 Å². The Kier molecular flexibility index (Phi) is 3.59. The Morgan fingerprint density at radius 1 is 1.32 bits per heavy atom. The third-order valence-electron chi connectivity index (χ3n) is 2.65. The molecule has 1 heterocycles. The summed E-state index contributed by atoms with van der Waals surface area (Å²) in [6.45, 7) is -0.0404. The number of nitrogens with one attached hydrogen (secondary N) is 2. The fraction of sp³-hybridized carbons (Fsp3) is 0.250. The van der Waals surface area contributed by atoms with Crippen molar-refractivity contribution in [3.05, 3.63) is 40.2 Å². The molecule has 1 aromatic carbocycles. The lowest BCUT2D eigenvalue weighted by Gasteiger charge is -2.06. The molecule has 0 aliphatic carbocycles. The van der Waals surface area contributed by atoms with Crippen LogP contribution < -0.4 is 15.0 Å². The van der Waals surface area contributed by atoms with Crippen molar-refractivity contribution in [1.29, 1.82) is 0 Å². The van der Waals surface area contributed by atoms with Gasteiger partial charge in [-0.2, -0.15) is 0 Å². The number of hydrogen-bond donors (Lipinski definition) is 2. The highest BCUT2D eigenvalue weighted by Crippen LogP contribution is 2.18. The van der Waals surface area contributed by atoms with Gasteiger partial charge in [-0.05, 0) is 24.3 Å². The Hall–Kier alpha value is -1.86. The predicted molar refractivity (Wildman–Crippen MR) is 72.8 cm³/mol. The van der Waals surface area contributed by atoms with E-state index in [1.54, 1.807) is 31.4 Å². The van der Waals surface area contributed by atoms with Crippen LogP contribution in [0.1, 0.15) is 5.56 Å². The van der Waals surface area contributed by atoms with Crippen LogP contribution in [0.3, 0.4) is 0 Å². The van der Waals surface area contributed by atoms with Crippen LogP contribution in [0.2, 0.25) is 0 Å². The monoisotopic (exact) mass is 282 g/mol. The molecule has 0 aliphatic heterocycles. The Balaban J connectivity index is 2.44.